The molecule has 0 aliphatic heterocycles. The Morgan fingerprint density at radius 3 is 2.79 bits per heavy atom. The molecule has 0 aliphatic rings. The standard InChI is InChI=1S/C21H26N4O3/c1-25(2)11-6-12-28-17-9-10-18-19(13-17)23-24-21(18)22-20(26)15-27-14-16-7-4-3-5-8-16/h3-5,7-10,13H,6,11-12,14-15H2,1-2H3,(H2,22,23,24,26). The number of ether oxygens (including phenoxy) is 2. The molecule has 0 fully saturated rings. The molecule has 2 aromatic carbocycles. The van der Waals surface area contributed by atoms with Crippen LogP contribution in [-0.4, -0.2) is 54.9 Å². The number of hydrogen-bond acceptors (Lipinski definition) is 5. The molecule has 7 nitrogen and oxygen atoms in total. The molecule has 3 aromatic rings. The predicted octanol–water partition coefficient (Wildman–Crippen LogP) is 3.05. The van der Waals surface area contributed by atoms with Crippen LogP contribution >= 0.6 is 0 Å². The maximum absolute atomic E-state index is 12.1. The fourth-order valence-electron chi connectivity index (χ4n) is 2.76. The molecule has 0 atom stereocenters. The van der Waals surface area contributed by atoms with Gasteiger partial charge in [-0.15, -0.1) is 0 Å². The van der Waals surface area contributed by atoms with Gasteiger partial charge in [-0.05, 0) is 38.2 Å². The maximum atomic E-state index is 12.1. The summed E-state index contributed by atoms with van der Waals surface area (Å²) in [5, 5.41) is 10.7. The van der Waals surface area contributed by atoms with Crippen molar-refractivity contribution in [3.8, 4) is 5.75 Å². The molecule has 148 valence electrons. The van der Waals surface area contributed by atoms with E-state index in [1.54, 1.807) is 0 Å². The number of aromatic amines is 1. The van der Waals surface area contributed by atoms with Gasteiger partial charge in [-0.2, -0.15) is 5.10 Å². The maximum Gasteiger partial charge on any atom is 0.251 e. The zero-order valence-corrected chi connectivity index (χ0v) is 16.3. The van der Waals surface area contributed by atoms with E-state index in [1.165, 1.54) is 0 Å². The Morgan fingerprint density at radius 2 is 2.00 bits per heavy atom. The van der Waals surface area contributed by atoms with Crippen molar-refractivity contribution < 1.29 is 14.3 Å². The molecule has 0 aliphatic carbocycles. The lowest BCUT2D eigenvalue weighted by atomic mass is 10.2. The quantitative estimate of drug-likeness (QED) is 0.527. The number of rotatable bonds is 10. The van der Waals surface area contributed by atoms with Gasteiger partial charge in [0.1, 0.15) is 12.4 Å². The average Bonchev–Trinajstić information content (AvgIpc) is 3.08. The van der Waals surface area contributed by atoms with Crippen LogP contribution in [0.2, 0.25) is 0 Å². The van der Waals surface area contributed by atoms with Gasteiger partial charge in [0.15, 0.2) is 5.82 Å². The SMILES string of the molecule is CN(C)CCCOc1ccc2c(NC(=O)COCc3ccccc3)n[nH]c2c1. The molecule has 0 unspecified atom stereocenters. The monoisotopic (exact) mass is 382 g/mol. The number of fused-ring (bicyclic) bond motifs is 1. The lowest BCUT2D eigenvalue weighted by Gasteiger charge is -2.10. The minimum atomic E-state index is -0.242. The molecule has 1 heterocycles. The highest BCUT2D eigenvalue weighted by Gasteiger charge is 2.10. The fourth-order valence-corrected chi connectivity index (χ4v) is 2.76. The average molecular weight is 382 g/mol. The lowest BCUT2D eigenvalue weighted by molar-refractivity contribution is -0.121. The Morgan fingerprint density at radius 1 is 1.18 bits per heavy atom. The number of aromatic nitrogens is 2. The van der Waals surface area contributed by atoms with Crippen LogP contribution in [0.25, 0.3) is 10.9 Å². The fraction of sp³-hybridized carbons (Fsp3) is 0.333. The highest BCUT2D eigenvalue weighted by atomic mass is 16.5. The van der Waals surface area contributed by atoms with Gasteiger partial charge in [0, 0.05) is 18.0 Å². The summed E-state index contributed by atoms with van der Waals surface area (Å²) in [5.41, 5.74) is 1.84. The van der Waals surface area contributed by atoms with Crippen LogP contribution in [0.4, 0.5) is 5.82 Å². The highest BCUT2D eigenvalue weighted by Crippen LogP contribution is 2.24. The number of carbonyl (C=O) groups is 1. The molecule has 7 heteroatoms. The van der Waals surface area contributed by atoms with Crippen molar-refractivity contribution in [1.29, 1.82) is 0 Å². The number of nitrogens with one attached hydrogen (secondary N) is 2. The van der Waals surface area contributed by atoms with Crippen molar-refractivity contribution in [2.45, 2.75) is 13.0 Å². The Balaban J connectivity index is 1.50. The molecule has 0 spiro atoms. The van der Waals surface area contributed by atoms with E-state index < -0.39 is 0 Å². The first kappa shape index (κ1) is 19.9. The van der Waals surface area contributed by atoms with Gasteiger partial charge in [-0.25, -0.2) is 0 Å². The summed E-state index contributed by atoms with van der Waals surface area (Å²) in [4.78, 5) is 14.2. The topological polar surface area (TPSA) is 79.5 Å². The van der Waals surface area contributed by atoms with E-state index in [9.17, 15) is 4.79 Å². The van der Waals surface area contributed by atoms with E-state index in [2.05, 4.69) is 20.4 Å². The largest absolute Gasteiger partial charge is 0.493 e. The minimum absolute atomic E-state index is 0.0314. The van der Waals surface area contributed by atoms with Crippen LogP contribution in [0.15, 0.2) is 48.5 Å². The molecule has 0 bridgehead atoms. The molecule has 1 aromatic heterocycles. The van der Waals surface area contributed by atoms with Crippen molar-refractivity contribution in [3.05, 3.63) is 54.1 Å². The summed E-state index contributed by atoms with van der Waals surface area (Å²) in [6.45, 7) is 2.00. The highest BCUT2D eigenvalue weighted by molar-refractivity contribution is 6.00. The normalized spacial score (nSPS) is 11.1. The van der Waals surface area contributed by atoms with E-state index in [4.69, 9.17) is 9.47 Å². The number of amides is 1. The van der Waals surface area contributed by atoms with E-state index in [0.29, 0.717) is 19.0 Å². The van der Waals surface area contributed by atoms with Gasteiger partial charge in [0.2, 0.25) is 0 Å². The van der Waals surface area contributed by atoms with E-state index in [-0.39, 0.29) is 12.5 Å². The van der Waals surface area contributed by atoms with E-state index in [0.717, 1.165) is 35.2 Å². The number of benzene rings is 2. The van der Waals surface area contributed by atoms with Gasteiger partial charge >= 0.3 is 0 Å². The van der Waals surface area contributed by atoms with Crippen LogP contribution in [0.1, 0.15) is 12.0 Å². The summed E-state index contributed by atoms with van der Waals surface area (Å²) < 4.78 is 11.2. The van der Waals surface area contributed by atoms with Crippen LogP contribution in [0, 0.1) is 0 Å². The molecule has 0 saturated carbocycles. The molecular weight excluding hydrogens is 356 g/mol. The molecule has 0 radical (unpaired) electrons. The predicted molar refractivity (Wildman–Crippen MR) is 109 cm³/mol. The van der Waals surface area contributed by atoms with Crippen molar-refractivity contribution in [2.75, 3.05) is 39.2 Å². The first-order chi connectivity index (χ1) is 13.6. The molecule has 3 rings (SSSR count). The summed E-state index contributed by atoms with van der Waals surface area (Å²) in [6.07, 6.45) is 0.957. The summed E-state index contributed by atoms with van der Waals surface area (Å²) >= 11 is 0. The number of anilines is 1. The number of nitrogens with zero attached hydrogens (tertiary/aromatic N) is 2. The number of hydrogen-bond donors (Lipinski definition) is 2. The molecule has 2 N–H and O–H groups in total. The Kier molecular flexibility index (Phi) is 7.00. The van der Waals surface area contributed by atoms with Crippen LogP contribution in [-0.2, 0) is 16.1 Å². The van der Waals surface area contributed by atoms with Crippen molar-refractivity contribution in [3.63, 3.8) is 0 Å². The molecule has 0 saturated heterocycles. The van der Waals surface area contributed by atoms with Gasteiger partial charge in [-0.1, -0.05) is 30.3 Å². The van der Waals surface area contributed by atoms with Crippen molar-refractivity contribution >= 4 is 22.6 Å². The zero-order valence-electron chi connectivity index (χ0n) is 16.3. The Bertz CT molecular complexity index is 893. The van der Waals surface area contributed by atoms with E-state index >= 15 is 0 Å². The zero-order chi connectivity index (χ0) is 19.8. The van der Waals surface area contributed by atoms with Crippen molar-refractivity contribution in [1.82, 2.24) is 15.1 Å². The molecule has 1 amide bonds. The van der Waals surface area contributed by atoms with E-state index in [1.807, 2.05) is 62.6 Å². The van der Waals surface area contributed by atoms with Crippen LogP contribution < -0.4 is 10.1 Å². The third-order valence-corrected chi connectivity index (χ3v) is 4.16. The lowest BCUT2D eigenvalue weighted by Crippen LogP contribution is -2.18. The minimum Gasteiger partial charge on any atom is -0.493 e. The summed E-state index contributed by atoms with van der Waals surface area (Å²) in [5.74, 6) is 1.02. The Hall–Kier alpha value is -2.90. The summed E-state index contributed by atoms with van der Waals surface area (Å²) in [7, 11) is 4.08. The number of carbonyl (C=O) groups excluding carboxylic acids is 1. The van der Waals surface area contributed by atoms with Crippen LogP contribution in [0.3, 0.4) is 0 Å². The van der Waals surface area contributed by atoms with Crippen LogP contribution in [0.5, 0.6) is 5.75 Å². The van der Waals surface area contributed by atoms with Crippen molar-refractivity contribution in [2.24, 2.45) is 0 Å². The summed E-state index contributed by atoms with van der Waals surface area (Å²) in [6, 6.07) is 15.4. The molecular formula is C21H26N4O3. The first-order valence-electron chi connectivity index (χ1n) is 9.29. The smallest absolute Gasteiger partial charge is 0.251 e. The molecule has 28 heavy (non-hydrogen) atoms. The second-order valence-corrected chi connectivity index (χ2v) is 6.81. The second-order valence-electron chi connectivity index (χ2n) is 6.81. The van der Waals surface area contributed by atoms with Gasteiger partial charge < -0.3 is 19.7 Å². The first-order valence-corrected chi connectivity index (χ1v) is 9.29. The van der Waals surface area contributed by atoms with Gasteiger partial charge in [0.05, 0.1) is 18.7 Å². The van der Waals surface area contributed by atoms with Gasteiger partial charge in [0.25, 0.3) is 5.91 Å². The number of H-pyrrole nitrogens is 1. The third-order valence-electron chi connectivity index (χ3n) is 4.16. The second kappa shape index (κ2) is 9.87. The van der Waals surface area contributed by atoms with Gasteiger partial charge in [-0.3, -0.25) is 9.89 Å². The Labute approximate surface area is 164 Å². The third kappa shape index (κ3) is 5.80.